The molecule has 1 unspecified atom stereocenters. The summed E-state index contributed by atoms with van der Waals surface area (Å²) in [6.07, 6.45) is 0. The van der Waals surface area contributed by atoms with Crippen molar-refractivity contribution in [2.45, 2.75) is 19.1 Å². The molecule has 1 aromatic carbocycles. The lowest BCUT2D eigenvalue weighted by atomic mass is 10.1. The quantitative estimate of drug-likeness (QED) is 0.367. The number of nitrogens with two attached hydrogens (primary N) is 1. The lowest BCUT2D eigenvalue weighted by Crippen LogP contribution is -2.29. The van der Waals surface area contributed by atoms with Crippen LogP contribution in [-0.2, 0) is 9.84 Å². The second-order valence-corrected chi connectivity index (χ2v) is 6.31. The van der Waals surface area contributed by atoms with Crippen molar-refractivity contribution in [1.82, 2.24) is 0 Å². The van der Waals surface area contributed by atoms with Crippen LogP contribution in [0.25, 0.3) is 0 Å². The van der Waals surface area contributed by atoms with Crippen molar-refractivity contribution in [3.05, 3.63) is 29.8 Å². The van der Waals surface area contributed by atoms with Crippen LogP contribution in [0.5, 0.6) is 0 Å². The molecule has 6 heteroatoms. The predicted molar refractivity (Wildman–Crippen MR) is 68.1 cm³/mol. The van der Waals surface area contributed by atoms with Crippen molar-refractivity contribution < 1.29 is 13.6 Å². The standard InChI is InChI=1S/C11H16N2O3S/c1-3-17(15,16)8(2)11(13-14)9-5-4-6-10(12)7-9/h4-8,14H,3,12H2,1-2H3. The van der Waals surface area contributed by atoms with Crippen LogP contribution >= 0.6 is 0 Å². The molecule has 5 nitrogen and oxygen atoms in total. The Kier molecular flexibility index (Phi) is 4.11. The van der Waals surface area contributed by atoms with E-state index in [1.807, 2.05) is 0 Å². The number of nitrogen functional groups attached to an aromatic ring is 1. The summed E-state index contributed by atoms with van der Waals surface area (Å²) < 4.78 is 23.5. The minimum Gasteiger partial charge on any atom is -0.411 e. The van der Waals surface area contributed by atoms with Crippen LogP contribution in [0.2, 0.25) is 0 Å². The molecule has 0 aromatic heterocycles. The van der Waals surface area contributed by atoms with Crippen molar-refractivity contribution in [2.24, 2.45) is 5.16 Å². The Bertz CT molecular complexity index is 523. The number of oxime groups is 1. The molecule has 0 heterocycles. The first-order valence-electron chi connectivity index (χ1n) is 5.21. The van der Waals surface area contributed by atoms with Gasteiger partial charge in [0.2, 0.25) is 0 Å². The predicted octanol–water partition coefficient (Wildman–Crippen LogP) is 1.27. The average molecular weight is 256 g/mol. The summed E-state index contributed by atoms with van der Waals surface area (Å²) in [5.74, 6) is -0.00446. The molecule has 0 fully saturated rings. The Morgan fingerprint density at radius 3 is 2.65 bits per heavy atom. The smallest absolute Gasteiger partial charge is 0.158 e. The fourth-order valence-corrected chi connectivity index (χ4v) is 2.52. The molecule has 1 atom stereocenters. The first-order valence-corrected chi connectivity index (χ1v) is 6.93. The van der Waals surface area contributed by atoms with Gasteiger partial charge < -0.3 is 10.9 Å². The molecule has 1 rings (SSSR count). The third-order valence-electron chi connectivity index (χ3n) is 2.62. The van der Waals surface area contributed by atoms with E-state index >= 15 is 0 Å². The maximum atomic E-state index is 11.7. The molecular weight excluding hydrogens is 240 g/mol. The minimum absolute atomic E-state index is 0.00446. The Morgan fingerprint density at radius 1 is 1.53 bits per heavy atom. The lowest BCUT2D eigenvalue weighted by Gasteiger charge is -2.13. The van der Waals surface area contributed by atoms with Crippen LogP contribution in [0, 0.1) is 0 Å². The zero-order valence-electron chi connectivity index (χ0n) is 9.79. The zero-order valence-corrected chi connectivity index (χ0v) is 10.6. The number of rotatable bonds is 4. The normalized spacial score (nSPS) is 14.6. The Labute approximate surface area is 101 Å². The molecule has 0 amide bonds. The second kappa shape index (κ2) is 5.18. The average Bonchev–Trinajstić information content (AvgIpc) is 2.30. The van der Waals surface area contributed by atoms with Crippen molar-refractivity contribution in [3.63, 3.8) is 0 Å². The summed E-state index contributed by atoms with van der Waals surface area (Å²) >= 11 is 0. The van der Waals surface area contributed by atoms with Gasteiger partial charge in [0.1, 0.15) is 11.0 Å². The molecule has 94 valence electrons. The van der Waals surface area contributed by atoms with E-state index in [4.69, 9.17) is 10.9 Å². The first kappa shape index (κ1) is 13.5. The largest absolute Gasteiger partial charge is 0.411 e. The first-order chi connectivity index (χ1) is 7.92. The summed E-state index contributed by atoms with van der Waals surface area (Å²) in [4.78, 5) is 0. The van der Waals surface area contributed by atoms with E-state index in [-0.39, 0.29) is 11.5 Å². The number of anilines is 1. The van der Waals surface area contributed by atoms with Crippen molar-refractivity contribution in [1.29, 1.82) is 0 Å². The summed E-state index contributed by atoms with van der Waals surface area (Å²) in [6.45, 7) is 3.05. The monoisotopic (exact) mass is 256 g/mol. The highest BCUT2D eigenvalue weighted by atomic mass is 32.2. The minimum atomic E-state index is -3.30. The number of hydrogen-bond acceptors (Lipinski definition) is 5. The van der Waals surface area contributed by atoms with Gasteiger partial charge in [-0.25, -0.2) is 8.42 Å². The molecule has 0 saturated carbocycles. The fraction of sp³-hybridized carbons (Fsp3) is 0.364. The second-order valence-electron chi connectivity index (χ2n) is 3.70. The van der Waals surface area contributed by atoms with Crippen LogP contribution in [0.3, 0.4) is 0 Å². The van der Waals surface area contributed by atoms with E-state index in [1.54, 1.807) is 31.2 Å². The maximum Gasteiger partial charge on any atom is 0.158 e. The van der Waals surface area contributed by atoms with Crippen LogP contribution in [0.15, 0.2) is 29.4 Å². The topological polar surface area (TPSA) is 92.8 Å². The Balaban J connectivity index is 3.19. The van der Waals surface area contributed by atoms with Crippen LogP contribution in [-0.4, -0.2) is 30.3 Å². The van der Waals surface area contributed by atoms with Gasteiger partial charge in [-0.15, -0.1) is 0 Å². The Hall–Kier alpha value is -1.56. The third kappa shape index (κ3) is 2.97. The van der Waals surface area contributed by atoms with Gasteiger partial charge >= 0.3 is 0 Å². The van der Waals surface area contributed by atoms with Gasteiger partial charge in [0.25, 0.3) is 0 Å². The molecule has 0 aliphatic rings. The molecule has 0 saturated heterocycles. The summed E-state index contributed by atoms with van der Waals surface area (Å²) in [7, 11) is -3.30. The van der Waals surface area contributed by atoms with Crippen molar-refractivity contribution in [3.8, 4) is 0 Å². The van der Waals surface area contributed by atoms with E-state index in [9.17, 15) is 8.42 Å². The van der Waals surface area contributed by atoms with E-state index in [2.05, 4.69) is 5.16 Å². The van der Waals surface area contributed by atoms with Gasteiger partial charge in [-0.3, -0.25) is 0 Å². The van der Waals surface area contributed by atoms with Gasteiger partial charge in [-0.2, -0.15) is 0 Å². The van der Waals surface area contributed by atoms with E-state index in [0.717, 1.165) is 0 Å². The van der Waals surface area contributed by atoms with E-state index in [1.165, 1.54) is 6.92 Å². The van der Waals surface area contributed by atoms with Crippen molar-refractivity contribution in [2.75, 3.05) is 11.5 Å². The van der Waals surface area contributed by atoms with Crippen molar-refractivity contribution >= 4 is 21.2 Å². The van der Waals surface area contributed by atoms with E-state index < -0.39 is 15.1 Å². The molecule has 0 radical (unpaired) electrons. The molecule has 3 N–H and O–H groups in total. The van der Waals surface area contributed by atoms with Crippen LogP contribution in [0.1, 0.15) is 19.4 Å². The SMILES string of the molecule is CCS(=O)(=O)C(C)C(=NO)c1cccc(N)c1. The maximum absolute atomic E-state index is 11.7. The number of benzene rings is 1. The van der Waals surface area contributed by atoms with Crippen LogP contribution < -0.4 is 5.73 Å². The highest BCUT2D eigenvalue weighted by Crippen LogP contribution is 2.14. The van der Waals surface area contributed by atoms with Gasteiger partial charge in [-0.1, -0.05) is 24.2 Å². The summed E-state index contributed by atoms with van der Waals surface area (Å²) in [5, 5.41) is 11.2. The number of hydrogen-bond donors (Lipinski definition) is 2. The van der Waals surface area contributed by atoms with E-state index in [0.29, 0.717) is 11.3 Å². The number of nitrogens with zero attached hydrogens (tertiary/aromatic N) is 1. The highest BCUT2D eigenvalue weighted by molar-refractivity contribution is 7.92. The van der Waals surface area contributed by atoms with Gasteiger partial charge in [-0.05, 0) is 19.1 Å². The molecule has 0 aliphatic carbocycles. The molecular formula is C11H16N2O3S. The van der Waals surface area contributed by atoms with Crippen LogP contribution in [0.4, 0.5) is 5.69 Å². The van der Waals surface area contributed by atoms with Gasteiger partial charge in [0, 0.05) is 17.0 Å². The molecule has 1 aromatic rings. The molecule has 0 spiro atoms. The highest BCUT2D eigenvalue weighted by Gasteiger charge is 2.26. The fourth-order valence-electron chi connectivity index (χ4n) is 1.49. The number of sulfone groups is 1. The molecule has 0 aliphatic heterocycles. The molecule has 17 heavy (non-hydrogen) atoms. The summed E-state index contributed by atoms with van der Waals surface area (Å²) in [6, 6.07) is 6.60. The zero-order chi connectivity index (χ0) is 13.1. The molecule has 0 bridgehead atoms. The third-order valence-corrected chi connectivity index (χ3v) is 4.72. The lowest BCUT2D eigenvalue weighted by molar-refractivity contribution is 0.318. The van der Waals surface area contributed by atoms with Gasteiger partial charge in [0.15, 0.2) is 9.84 Å². The van der Waals surface area contributed by atoms with Gasteiger partial charge in [0.05, 0.1) is 0 Å². The Morgan fingerprint density at radius 2 is 2.18 bits per heavy atom. The summed E-state index contributed by atoms with van der Waals surface area (Å²) in [5.41, 5.74) is 6.72.